The van der Waals surface area contributed by atoms with Crippen molar-refractivity contribution < 1.29 is 20.4 Å². The number of nitrogens with two attached hydrogens (primary N) is 4. The Morgan fingerprint density at radius 1 is 0.429 bits per heavy atom. The third kappa shape index (κ3) is 156. The van der Waals surface area contributed by atoms with Crippen LogP contribution in [0.4, 0.5) is 0 Å². The van der Waals surface area contributed by atoms with Gasteiger partial charge in [-0.25, -0.2) is 0 Å². The van der Waals surface area contributed by atoms with Crippen molar-refractivity contribution in [2.24, 2.45) is 0 Å². The van der Waals surface area contributed by atoms with Crippen LogP contribution in [0.2, 0.25) is 0 Å². The molecule has 0 aromatic carbocycles. The Labute approximate surface area is 70.0 Å². The van der Waals surface area contributed by atoms with Gasteiger partial charge >= 0.3 is 20.4 Å². The molecule has 0 saturated heterocycles. The number of hydrogen-bond donors (Lipinski definition) is 0. The van der Waals surface area contributed by atoms with E-state index in [-0.39, 0.29) is 69.8 Å². The van der Waals surface area contributed by atoms with Gasteiger partial charge in [-0.05, 0) is 0 Å². The zero-order valence-corrected chi connectivity index (χ0v) is 6.63. The second-order valence-corrected chi connectivity index (χ2v) is 0. The molecule has 7 heavy (non-hydrogen) atoms. The fraction of sp³-hybridized carbons (Fsp3) is 0. The Morgan fingerprint density at radius 3 is 0.429 bits per heavy atom. The molecule has 8 N–H and O–H groups in total. The van der Waals surface area contributed by atoms with Gasteiger partial charge in [0.25, 0.3) is 0 Å². The maximum absolute atomic E-state index is 0. The van der Waals surface area contributed by atoms with E-state index in [0.717, 1.165) is 0 Å². The van der Waals surface area contributed by atoms with E-state index >= 15 is 0 Å². The van der Waals surface area contributed by atoms with Gasteiger partial charge in [-0.1, -0.05) is 0 Å². The van der Waals surface area contributed by atoms with Crippen LogP contribution in [0.25, 0.3) is 24.6 Å². The quantitative estimate of drug-likeness (QED) is 0.573. The third-order valence-corrected chi connectivity index (χ3v) is 0. The van der Waals surface area contributed by atoms with Crippen LogP contribution in [0.15, 0.2) is 0 Å². The SMILES string of the molecule is Cl.Cl.[NH2-].[NH2-].[NH2-].[NH2-].[Pd+2]. The van der Waals surface area contributed by atoms with Crippen molar-refractivity contribution in [1.29, 1.82) is 0 Å². The average Bonchev–Trinajstić information content (AvgIpc) is 0. The Morgan fingerprint density at radius 2 is 0.429 bits per heavy atom. The van der Waals surface area contributed by atoms with E-state index in [4.69, 9.17) is 0 Å². The van der Waals surface area contributed by atoms with Gasteiger partial charge in [0.2, 0.25) is 0 Å². The molecule has 0 heterocycles. The summed E-state index contributed by atoms with van der Waals surface area (Å²) in [6.07, 6.45) is 0. The molecule has 0 aromatic heterocycles. The molecule has 0 aromatic rings. The van der Waals surface area contributed by atoms with Crippen molar-refractivity contribution in [1.82, 2.24) is 0 Å². The fourth-order valence-electron chi connectivity index (χ4n) is 0. The second kappa shape index (κ2) is 224. The molecular weight excluding hydrogens is 233 g/mol. The topological polar surface area (TPSA) is 134 Å². The summed E-state index contributed by atoms with van der Waals surface area (Å²) in [5, 5.41) is 0. The first-order chi connectivity index (χ1) is 0. The zero-order valence-electron chi connectivity index (χ0n) is 3.44. The first kappa shape index (κ1) is 346. The molecule has 0 saturated carbocycles. The monoisotopic (exact) mass is 242 g/mol. The van der Waals surface area contributed by atoms with Crippen LogP contribution >= 0.6 is 24.8 Å². The van der Waals surface area contributed by atoms with Crippen molar-refractivity contribution in [2.45, 2.75) is 0 Å². The molecule has 0 rings (SSSR count). The molecule has 0 bridgehead atoms. The van der Waals surface area contributed by atoms with E-state index in [1.165, 1.54) is 0 Å². The van der Waals surface area contributed by atoms with Gasteiger partial charge in [0, 0.05) is 0 Å². The summed E-state index contributed by atoms with van der Waals surface area (Å²) >= 11 is 0. The van der Waals surface area contributed by atoms with Gasteiger partial charge in [0.15, 0.2) is 0 Å². The van der Waals surface area contributed by atoms with Crippen LogP contribution in [0.5, 0.6) is 0 Å². The number of halogens is 2. The minimum absolute atomic E-state index is 0. The smallest absolute Gasteiger partial charge is 0.693 e. The average molecular weight is 243 g/mol. The summed E-state index contributed by atoms with van der Waals surface area (Å²) in [5.74, 6) is 0. The molecule has 0 aliphatic rings. The molecule has 0 radical (unpaired) electrons. The summed E-state index contributed by atoms with van der Waals surface area (Å²) in [4.78, 5) is 0. The van der Waals surface area contributed by atoms with E-state index < -0.39 is 0 Å². The van der Waals surface area contributed by atoms with E-state index in [1.807, 2.05) is 0 Å². The predicted molar refractivity (Wildman–Crippen MR) is 35.6 cm³/mol. The Bertz CT molecular complexity index is 9.65. The van der Waals surface area contributed by atoms with Crippen LogP contribution in [-0.2, 0) is 20.4 Å². The van der Waals surface area contributed by atoms with Crippen molar-refractivity contribution in [3.8, 4) is 0 Å². The van der Waals surface area contributed by atoms with Crippen molar-refractivity contribution in [2.75, 3.05) is 0 Å². The molecule has 0 amide bonds. The number of hydrogen-bond acceptors (Lipinski definition) is 0. The Hall–Kier alpha value is 1.08. The summed E-state index contributed by atoms with van der Waals surface area (Å²) in [6.45, 7) is 0. The van der Waals surface area contributed by atoms with E-state index in [2.05, 4.69) is 0 Å². The standard InChI is InChI=1S/2ClH.4H2N.Pd/h2*1H;4*1H2;/q;;4*-1;+2. The third-order valence-electron chi connectivity index (χ3n) is 0. The van der Waals surface area contributed by atoms with E-state index in [0.29, 0.717) is 0 Å². The normalized spacial score (nSPS) is 0. The zero-order chi connectivity index (χ0) is 0. The fourth-order valence-corrected chi connectivity index (χ4v) is 0. The first-order valence-electron chi connectivity index (χ1n) is 0. The minimum Gasteiger partial charge on any atom is -0.693 e. The molecule has 4 nitrogen and oxygen atoms in total. The van der Waals surface area contributed by atoms with Crippen LogP contribution in [0.3, 0.4) is 0 Å². The van der Waals surface area contributed by atoms with Crippen molar-refractivity contribution >= 4 is 24.8 Å². The predicted octanol–water partition coefficient (Wildman–Crippen LogP) is 3.71. The maximum atomic E-state index is 0. The summed E-state index contributed by atoms with van der Waals surface area (Å²) < 4.78 is 0. The van der Waals surface area contributed by atoms with Crippen molar-refractivity contribution in [3.05, 3.63) is 24.6 Å². The molecule has 0 atom stereocenters. The molecular formula is H10Cl2N4Pd-2. The van der Waals surface area contributed by atoms with E-state index in [1.54, 1.807) is 0 Å². The van der Waals surface area contributed by atoms with Gasteiger partial charge in [-0.3, -0.25) is 0 Å². The van der Waals surface area contributed by atoms with Crippen LogP contribution < -0.4 is 0 Å². The minimum atomic E-state index is 0. The molecule has 56 valence electrons. The van der Waals surface area contributed by atoms with Crippen LogP contribution in [0.1, 0.15) is 0 Å². The number of rotatable bonds is 0. The van der Waals surface area contributed by atoms with Gasteiger partial charge in [-0.15, -0.1) is 24.8 Å². The van der Waals surface area contributed by atoms with Gasteiger partial charge in [0.05, 0.1) is 0 Å². The molecule has 0 fully saturated rings. The summed E-state index contributed by atoms with van der Waals surface area (Å²) in [7, 11) is 0. The molecule has 0 spiro atoms. The molecule has 0 aliphatic heterocycles. The maximum Gasteiger partial charge on any atom is 2.00 e. The molecule has 0 unspecified atom stereocenters. The molecule has 7 heteroatoms. The molecule has 0 aliphatic carbocycles. The van der Waals surface area contributed by atoms with Gasteiger partial charge < -0.3 is 24.6 Å². The van der Waals surface area contributed by atoms with Gasteiger partial charge in [-0.2, -0.15) is 0 Å². The Balaban J connectivity index is 0. The van der Waals surface area contributed by atoms with Gasteiger partial charge in [0.1, 0.15) is 0 Å². The first-order valence-corrected chi connectivity index (χ1v) is 0. The van der Waals surface area contributed by atoms with Crippen LogP contribution in [-0.4, -0.2) is 0 Å². The van der Waals surface area contributed by atoms with Crippen molar-refractivity contribution in [3.63, 3.8) is 0 Å². The Kier molecular flexibility index (Phi) is 11100. The second-order valence-electron chi connectivity index (χ2n) is 0. The summed E-state index contributed by atoms with van der Waals surface area (Å²) in [6, 6.07) is 0. The van der Waals surface area contributed by atoms with E-state index in [9.17, 15) is 0 Å². The largest absolute Gasteiger partial charge is 2.00 e. The summed E-state index contributed by atoms with van der Waals surface area (Å²) in [5.41, 5.74) is 0. The van der Waals surface area contributed by atoms with Crippen LogP contribution in [0, 0.1) is 0 Å².